The third kappa shape index (κ3) is 5.92. The highest BCUT2D eigenvalue weighted by Gasteiger charge is 2.67. The van der Waals surface area contributed by atoms with E-state index in [4.69, 9.17) is 21.1 Å². The average molecular weight is 489 g/mol. The van der Waals surface area contributed by atoms with Gasteiger partial charge in [0.1, 0.15) is 5.82 Å². The number of hydrogen-bond donors (Lipinski definition) is 0. The fraction of sp³-hybridized carbons (Fsp3) is 0.524. The molecule has 5 atom stereocenters. The number of esters is 4. The van der Waals surface area contributed by atoms with Gasteiger partial charge in [-0.2, -0.15) is 0 Å². The molecule has 0 N–H and O–H groups in total. The molecule has 0 bridgehead atoms. The highest BCUT2D eigenvalue weighted by molar-refractivity contribution is 7.99. The lowest BCUT2D eigenvalue weighted by atomic mass is 9.90. The molecular weight excluding hydrogens is 467 g/mol. The van der Waals surface area contributed by atoms with Crippen LogP contribution in [0.25, 0.3) is 0 Å². The van der Waals surface area contributed by atoms with Gasteiger partial charge in [0.25, 0.3) is 0 Å². The molecule has 3 rings (SSSR count). The quantitative estimate of drug-likeness (QED) is 0.294. The third-order valence-corrected chi connectivity index (χ3v) is 7.02. The van der Waals surface area contributed by atoms with Crippen LogP contribution < -0.4 is 0 Å². The van der Waals surface area contributed by atoms with Crippen LogP contribution in [0.5, 0.6) is 0 Å². The molecule has 0 saturated heterocycles. The van der Waals surface area contributed by atoms with Crippen LogP contribution in [0.1, 0.15) is 20.3 Å². The Balaban J connectivity index is 1.63. The summed E-state index contributed by atoms with van der Waals surface area (Å²) in [6.07, 6.45) is 0.591. The molecule has 1 aromatic carbocycles. The number of fused-ring (bicyclic) bond motifs is 1. The maximum absolute atomic E-state index is 13.4. The van der Waals surface area contributed by atoms with Crippen molar-refractivity contribution in [1.82, 2.24) is 0 Å². The van der Waals surface area contributed by atoms with E-state index in [9.17, 15) is 23.6 Å². The molecule has 0 radical (unpaired) electrons. The molecule has 0 heterocycles. The van der Waals surface area contributed by atoms with Crippen LogP contribution in [0.15, 0.2) is 23.1 Å². The fourth-order valence-corrected chi connectivity index (χ4v) is 5.52. The number of ether oxygens (including phenoxy) is 4. The van der Waals surface area contributed by atoms with Gasteiger partial charge in [-0.3, -0.25) is 19.2 Å². The van der Waals surface area contributed by atoms with Crippen molar-refractivity contribution < 1.29 is 42.5 Å². The Bertz CT molecular complexity index is 910. The zero-order valence-corrected chi connectivity index (χ0v) is 18.9. The first-order chi connectivity index (χ1) is 15.2. The molecule has 0 aliphatic heterocycles. The molecule has 1 aromatic rings. The number of thioether (sulfide) groups is 1. The minimum Gasteiger partial charge on any atom is -0.428 e. The molecule has 174 valence electrons. The van der Waals surface area contributed by atoms with Crippen LogP contribution in [-0.4, -0.2) is 43.2 Å². The predicted molar refractivity (Wildman–Crippen MR) is 110 cm³/mol. The molecule has 0 unspecified atom stereocenters. The summed E-state index contributed by atoms with van der Waals surface area (Å²) in [4.78, 5) is 47.6. The zero-order chi connectivity index (χ0) is 23.4. The molecule has 2 saturated carbocycles. The maximum atomic E-state index is 13.4. The molecule has 11 heteroatoms. The van der Waals surface area contributed by atoms with Crippen molar-refractivity contribution in [3.05, 3.63) is 29.0 Å². The summed E-state index contributed by atoms with van der Waals surface area (Å²) in [6, 6.07) is 4.39. The highest BCUT2D eigenvalue weighted by atomic mass is 35.5. The second-order valence-electron chi connectivity index (χ2n) is 7.61. The van der Waals surface area contributed by atoms with E-state index in [-0.39, 0.29) is 22.8 Å². The van der Waals surface area contributed by atoms with Crippen LogP contribution in [0.3, 0.4) is 0 Å². The molecule has 32 heavy (non-hydrogen) atoms. The second-order valence-corrected chi connectivity index (χ2v) is 9.11. The Morgan fingerprint density at radius 3 is 2.16 bits per heavy atom. The monoisotopic (exact) mass is 488 g/mol. The first-order valence-electron chi connectivity index (χ1n) is 9.87. The minimum atomic E-state index is -0.592. The Morgan fingerprint density at radius 1 is 1.00 bits per heavy atom. The summed E-state index contributed by atoms with van der Waals surface area (Å²) in [6.45, 7) is 1.42. The van der Waals surface area contributed by atoms with Crippen molar-refractivity contribution >= 4 is 47.2 Å². The van der Waals surface area contributed by atoms with E-state index in [1.54, 1.807) is 6.07 Å². The molecule has 0 amide bonds. The first kappa shape index (κ1) is 24.3. The summed E-state index contributed by atoms with van der Waals surface area (Å²) in [5.41, 5.74) is 0. The normalized spacial score (nSPS) is 25.4. The molecule has 0 aromatic heterocycles. The van der Waals surface area contributed by atoms with Gasteiger partial charge in [0.05, 0.1) is 16.9 Å². The van der Waals surface area contributed by atoms with Gasteiger partial charge in [-0.25, -0.2) is 4.39 Å². The number of rotatable bonds is 9. The zero-order valence-electron chi connectivity index (χ0n) is 17.4. The smallest absolute Gasteiger partial charge is 0.312 e. The minimum absolute atomic E-state index is 0.0113. The Hall–Kier alpha value is -2.33. The summed E-state index contributed by atoms with van der Waals surface area (Å²) in [7, 11) is 0. The highest BCUT2D eigenvalue weighted by Crippen LogP contribution is 2.64. The van der Waals surface area contributed by atoms with Crippen molar-refractivity contribution in [2.24, 2.45) is 29.6 Å². The van der Waals surface area contributed by atoms with Crippen LogP contribution in [0.2, 0.25) is 5.02 Å². The van der Waals surface area contributed by atoms with Crippen molar-refractivity contribution in [2.75, 3.05) is 19.3 Å². The summed E-state index contributed by atoms with van der Waals surface area (Å²) >= 11 is 7.25. The number of halogens is 2. The molecular formula is C21H22ClFO8S. The van der Waals surface area contributed by atoms with E-state index >= 15 is 0 Å². The van der Waals surface area contributed by atoms with Gasteiger partial charge >= 0.3 is 23.9 Å². The molecule has 2 fully saturated rings. The van der Waals surface area contributed by atoms with E-state index in [1.165, 1.54) is 37.7 Å². The lowest BCUT2D eigenvalue weighted by molar-refractivity contribution is -0.170. The van der Waals surface area contributed by atoms with Gasteiger partial charge in [0, 0.05) is 24.5 Å². The number of benzene rings is 1. The SMILES string of the molecule is CC(=O)OCOC(=O)[C@@H]1[C@H](CSc2ccc(F)c(Cl)c2)C[C@H]2[C@H](C(=O)OCOC(C)=O)[C@H]21. The van der Waals surface area contributed by atoms with E-state index in [0.29, 0.717) is 12.2 Å². The largest absolute Gasteiger partial charge is 0.428 e. The lowest BCUT2D eigenvalue weighted by Gasteiger charge is -2.22. The first-order valence-corrected chi connectivity index (χ1v) is 11.2. The van der Waals surface area contributed by atoms with Gasteiger partial charge in [-0.1, -0.05) is 11.6 Å². The van der Waals surface area contributed by atoms with Gasteiger partial charge in [-0.05, 0) is 42.4 Å². The van der Waals surface area contributed by atoms with Crippen molar-refractivity contribution in [1.29, 1.82) is 0 Å². The van der Waals surface area contributed by atoms with E-state index < -0.39 is 55.1 Å². The average Bonchev–Trinajstić information content (AvgIpc) is 3.28. The van der Waals surface area contributed by atoms with Crippen LogP contribution in [0.4, 0.5) is 4.39 Å². The van der Waals surface area contributed by atoms with E-state index in [2.05, 4.69) is 9.47 Å². The molecule has 2 aliphatic rings. The van der Waals surface area contributed by atoms with Crippen molar-refractivity contribution in [3.8, 4) is 0 Å². The van der Waals surface area contributed by atoms with Crippen LogP contribution in [0, 0.1) is 35.4 Å². The summed E-state index contributed by atoms with van der Waals surface area (Å²) in [5.74, 6) is -3.76. The molecule has 0 spiro atoms. The van der Waals surface area contributed by atoms with Crippen LogP contribution >= 0.6 is 23.4 Å². The number of carbonyl (C=O) groups excluding carboxylic acids is 4. The van der Waals surface area contributed by atoms with Gasteiger partial charge in [-0.15, -0.1) is 11.8 Å². The number of hydrogen-bond acceptors (Lipinski definition) is 9. The Morgan fingerprint density at radius 2 is 1.59 bits per heavy atom. The maximum Gasteiger partial charge on any atom is 0.312 e. The standard InChI is InChI=1S/C21H22ClFO8S/c1-10(24)28-8-30-20(26)17-12(7-32-13-3-4-16(23)15(22)6-13)5-14-18(17)19(14)21(27)31-9-29-11(2)25/h3-4,6,12,14,17-19H,5,7-9H2,1-2H3/t12-,14+,17+,18+,19-/m0/s1. The van der Waals surface area contributed by atoms with E-state index in [0.717, 1.165) is 4.90 Å². The van der Waals surface area contributed by atoms with Crippen LogP contribution in [-0.2, 0) is 38.1 Å². The molecule has 8 nitrogen and oxygen atoms in total. The third-order valence-electron chi connectivity index (χ3n) is 5.55. The van der Waals surface area contributed by atoms with Crippen molar-refractivity contribution in [2.45, 2.75) is 25.2 Å². The lowest BCUT2D eigenvalue weighted by Crippen LogP contribution is -2.30. The number of carbonyl (C=O) groups is 4. The van der Waals surface area contributed by atoms with Crippen molar-refractivity contribution in [3.63, 3.8) is 0 Å². The van der Waals surface area contributed by atoms with Gasteiger partial charge in [0.2, 0.25) is 13.6 Å². The Kier molecular flexibility index (Phi) is 8.00. The van der Waals surface area contributed by atoms with Gasteiger partial charge in [0.15, 0.2) is 0 Å². The molecule has 2 aliphatic carbocycles. The predicted octanol–water partition coefficient (Wildman–Crippen LogP) is 3.20. The second kappa shape index (κ2) is 10.5. The summed E-state index contributed by atoms with van der Waals surface area (Å²) < 4.78 is 32.8. The van der Waals surface area contributed by atoms with Gasteiger partial charge < -0.3 is 18.9 Å². The summed E-state index contributed by atoms with van der Waals surface area (Å²) in [5, 5.41) is 0.0113. The van der Waals surface area contributed by atoms with E-state index in [1.807, 2.05) is 0 Å². The topological polar surface area (TPSA) is 105 Å². The fourth-order valence-electron chi connectivity index (χ4n) is 4.16. The Labute approximate surface area is 193 Å².